The van der Waals surface area contributed by atoms with Crippen LogP contribution in [0.1, 0.15) is 31.4 Å². The second kappa shape index (κ2) is 6.60. The molecule has 1 N–H and O–H groups in total. The van der Waals surface area contributed by atoms with Crippen LogP contribution in [0.4, 0.5) is 0 Å². The third kappa shape index (κ3) is 3.74. The summed E-state index contributed by atoms with van der Waals surface area (Å²) >= 11 is 0. The summed E-state index contributed by atoms with van der Waals surface area (Å²) in [6.07, 6.45) is 3.88. The van der Waals surface area contributed by atoms with E-state index in [2.05, 4.69) is 15.3 Å². The van der Waals surface area contributed by atoms with Crippen molar-refractivity contribution in [3.63, 3.8) is 0 Å². The molecule has 0 spiro atoms. The summed E-state index contributed by atoms with van der Waals surface area (Å²) < 4.78 is 1.57. The lowest BCUT2D eigenvalue weighted by atomic mass is 9.98. The van der Waals surface area contributed by atoms with Crippen LogP contribution < -0.4 is 10.9 Å². The zero-order valence-electron chi connectivity index (χ0n) is 13.1. The molecular formula is C16H24N4O2. The zero-order valence-corrected chi connectivity index (χ0v) is 13.1. The molecule has 1 amide bonds. The lowest BCUT2D eigenvalue weighted by Crippen LogP contribution is -2.54. The molecule has 1 aromatic heterocycles. The van der Waals surface area contributed by atoms with Gasteiger partial charge in [-0.3, -0.25) is 9.59 Å². The maximum absolute atomic E-state index is 11.8. The highest BCUT2D eigenvalue weighted by atomic mass is 16.1. The van der Waals surface area contributed by atoms with Gasteiger partial charge in [-0.05, 0) is 25.8 Å². The number of rotatable bonds is 4. The molecule has 2 aliphatic heterocycles. The van der Waals surface area contributed by atoms with Crippen LogP contribution in [0, 0.1) is 12.8 Å². The molecule has 22 heavy (non-hydrogen) atoms. The average molecular weight is 304 g/mol. The van der Waals surface area contributed by atoms with Gasteiger partial charge in [-0.25, -0.2) is 4.68 Å². The summed E-state index contributed by atoms with van der Waals surface area (Å²) in [6.45, 7) is 5.48. The predicted molar refractivity (Wildman–Crippen MR) is 83.6 cm³/mol. The molecule has 2 fully saturated rings. The Bertz CT molecular complexity index is 592. The minimum atomic E-state index is -0.0277. The fraction of sp³-hybridized carbons (Fsp3) is 0.688. The van der Waals surface area contributed by atoms with Crippen molar-refractivity contribution in [2.75, 3.05) is 19.6 Å². The monoisotopic (exact) mass is 304 g/mol. The fourth-order valence-electron chi connectivity index (χ4n) is 3.36. The van der Waals surface area contributed by atoms with Crippen molar-refractivity contribution in [1.82, 2.24) is 20.0 Å². The number of hydrogen-bond acceptors (Lipinski definition) is 4. The second-order valence-corrected chi connectivity index (χ2v) is 6.59. The van der Waals surface area contributed by atoms with E-state index in [9.17, 15) is 9.59 Å². The van der Waals surface area contributed by atoms with Gasteiger partial charge < -0.3 is 10.2 Å². The van der Waals surface area contributed by atoms with Crippen LogP contribution in [-0.4, -0.2) is 46.3 Å². The Morgan fingerprint density at radius 3 is 2.86 bits per heavy atom. The molecule has 3 rings (SSSR count). The number of aryl methyl sites for hydroxylation is 1. The van der Waals surface area contributed by atoms with Gasteiger partial charge in [-0.2, -0.15) is 5.10 Å². The molecule has 2 saturated heterocycles. The zero-order chi connectivity index (χ0) is 15.5. The Hall–Kier alpha value is -1.69. The first-order chi connectivity index (χ1) is 10.6. The third-order valence-electron chi connectivity index (χ3n) is 4.51. The molecule has 1 aromatic rings. The van der Waals surface area contributed by atoms with Gasteiger partial charge >= 0.3 is 0 Å². The number of nitrogens with one attached hydrogen (secondary N) is 1. The van der Waals surface area contributed by atoms with Crippen LogP contribution in [0.25, 0.3) is 0 Å². The molecule has 6 heteroatoms. The highest BCUT2D eigenvalue weighted by Crippen LogP contribution is 2.19. The molecule has 1 unspecified atom stereocenters. The maximum Gasteiger partial charge on any atom is 0.266 e. The molecule has 120 valence electrons. The quantitative estimate of drug-likeness (QED) is 0.882. The predicted octanol–water partition coefficient (Wildman–Crippen LogP) is 0.542. The summed E-state index contributed by atoms with van der Waals surface area (Å²) in [7, 11) is 0. The molecule has 3 heterocycles. The van der Waals surface area contributed by atoms with E-state index in [1.165, 1.54) is 0 Å². The molecule has 6 nitrogen and oxygen atoms in total. The van der Waals surface area contributed by atoms with Crippen LogP contribution in [0.15, 0.2) is 16.9 Å². The Kier molecular flexibility index (Phi) is 4.57. The standard InChI is InChI=1S/C16H24N4O2/c1-12-6-7-16(22)20(18-12)10-13-8-19(9-13)11-14-4-2-3-5-15(21)17-14/h6-7,13-14H,2-5,8-11H2,1H3,(H,17,21). The number of amides is 1. The molecule has 0 aromatic carbocycles. The van der Waals surface area contributed by atoms with Gasteiger partial charge in [-0.1, -0.05) is 6.42 Å². The average Bonchev–Trinajstić information content (AvgIpc) is 2.64. The minimum absolute atomic E-state index is 0.0277. The molecule has 2 aliphatic rings. The molecule has 0 aliphatic carbocycles. The molecule has 0 bridgehead atoms. The number of likely N-dealkylation sites (tertiary alicyclic amines) is 1. The Morgan fingerprint density at radius 2 is 2.05 bits per heavy atom. The highest BCUT2D eigenvalue weighted by molar-refractivity contribution is 5.76. The van der Waals surface area contributed by atoms with Gasteiger partial charge in [0.1, 0.15) is 0 Å². The van der Waals surface area contributed by atoms with E-state index >= 15 is 0 Å². The minimum Gasteiger partial charge on any atom is -0.352 e. The SMILES string of the molecule is Cc1ccc(=O)n(CC2CN(CC3CCCCC(=O)N3)C2)n1. The van der Waals surface area contributed by atoms with Gasteiger partial charge in [0.25, 0.3) is 5.56 Å². The Labute approximate surface area is 130 Å². The van der Waals surface area contributed by atoms with Crippen LogP contribution >= 0.6 is 0 Å². The van der Waals surface area contributed by atoms with Crippen molar-refractivity contribution in [3.05, 3.63) is 28.2 Å². The van der Waals surface area contributed by atoms with Crippen molar-refractivity contribution in [1.29, 1.82) is 0 Å². The molecule has 0 saturated carbocycles. The van der Waals surface area contributed by atoms with E-state index in [0.717, 1.165) is 44.6 Å². The first-order valence-electron chi connectivity index (χ1n) is 8.16. The van der Waals surface area contributed by atoms with Crippen molar-refractivity contribution in [2.24, 2.45) is 5.92 Å². The fourth-order valence-corrected chi connectivity index (χ4v) is 3.36. The first-order valence-corrected chi connectivity index (χ1v) is 8.16. The third-order valence-corrected chi connectivity index (χ3v) is 4.51. The van der Waals surface area contributed by atoms with Crippen molar-refractivity contribution in [2.45, 2.75) is 45.2 Å². The van der Waals surface area contributed by atoms with Crippen LogP contribution in [0.2, 0.25) is 0 Å². The largest absolute Gasteiger partial charge is 0.352 e. The normalized spacial score (nSPS) is 23.7. The number of nitrogens with zero attached hydrogens (tertiary/aromatic N) is 3. The van der Waals surface area contributed by atoms with Gasteiger partial charge in [0.05, 0.1) is 12.2 Å². The summed E-state index contributed by atoms with van der Waals surface area (Å²) in [5, 5.41) is 7.40. The Morgan fingerprint density at radius 1 is 1.23 bits per heavy atom. The molecule has 0 radical (unpaired) electrons. The van der Waals surface area contributed by atoms with Crippen molar-refractivity contribution >= 4 is 5.91 Å². The van der Waals surface area contributed by atoms with Gasteiger partial charge in [-0.15, -0.1) is 0 Å². The van der Waals surface area contributed by atoms with E-state index < -0.39 is 0 Å². The maximum atomic E-state index is 11.8. The summed E-state index contributed by atoms with van der Waals surface area (Å²) in [5.74, 6) is 0.670. The second-order valence-electron chi connectivity index (χ2n) is 6.59. The summed E-state index contributed by atoms with van der Waals surface area (Å²) in [4.78, 5) is 25.7. The van der Waals surface area contributed by atoms with Gasteiger partial charge in [0.2, 0.25) is 5.91 Å². The highest BCUT2D eigenvalue weighted by Gasteiger charge is 2.30. The lowest BCUT2D eigenvalue weighted by Gasteiger charge is -2.41. The van der Waals surface area contributed by atoms with E-state index in [4.69, 9.17) is 0 Å². The summed E-state index contributed by atoms with van der Waals surface area (Å²) in [5.41, 5.74) is 0.844. The van der Waals surface area contributed by atoms with E-state index in [0.29, 0.717) is 18.9 Å². The smallest absolute Gasteiger partial charge is 0.266 e. The number of carbonyl (C=O) groups is 1. The van der Waals surface area contributed by atoms with Crippen molar-refractivity contribution in [3.8, 4) is 0 Å². The van der Waals surface area contributed by atoms with Crippen LogP contribution in [0.3, 0.4) is 0 Å². The van der Waals surface area contributed by atoms with E-state index in [1.54, 1.807) is 16.8 Å². The van der Waals surface area contributed by atoms with Crippen molar-refractivity contribution < 1.29 is 4.79 Å². The first kappa shape index (κ1) is 15.2. The Balaban J connectivity index is 1.47. The topological polar surface area (TPSA) is 67.2 Å². The number of aromatic nitrogens is 2. The lowest BCUT2D eigenvalue weighted by molar-refractivity contribution is -0.121. The van der Waals surface area contributed by atoms with Crippen LogP contribution in [0.5, 0.6) is 0 Å². The number of carbonyl (C=O) groups excluding carboxylic acids is 1. The summed E-state index contributed by atoms with van der Waals surface area (Å²) in [6, 6.07) is 3.62. The van der Waals surface area contributed by atoms with Gasteiger partial charge in [0.15, 0.2) is 0 Å². The molecule has 1 atom stereocenters. The van der Waals surface area contributed by atoms with Crippen LogP contribution in [-0.2, 0) is 11.3 Å². The number of hydrogen-bond donors (Lipinski definition) is 1. The molecular weight excluding hydrogens is 280 g/mol. The van der Waals surface area contributed by atoms with Gasteiger partial charge in [0, 0.05) is 44.1 Å². The van der Waals surface area contributed by atoms with E-state index in [-0.39, 0.29) is 17.5 Å². The van der Waals surface area contributed by atoms with E-state index in [1.807, 2.05) is 6.92 Å².